The summed E-state index contributed by atoms with van der Waals surface area (Å²) in [7, 11) is 0. The molecule has 0 radical (unpaired) electrons. The van der Waals surface area contributed by atoms with Crippen LogP contribution in [0.15, 0.2) is 34.9 Å². The van der Waals surface area contributed by atoms with E-state index in [1.807, 2.05) is 45.0 Å². The van der Waals surface area contributed by atoms with Gasteiger partial charge in [0.05, 0.1) is 17.7 Å². The lowest BCUT2D eigenvalue weighted by atomic mass is 10.0. The Morgan fingerprint density at radius 3 is 2.74 bits per heavy atom. The molecule has 3 rings (SSSR count). The third kappa shape index (κ3) is 4.79. The van der Waals surface area contributed by atoms with Crippen LogP contribution < -0.4 is 4.74 Å². The number of esters is 1. The van der Waals surface area contributed by atoms with Crippen molar-refractivity contribution in [2.45, 2.75) is 59.0 Å². The molecule has 0 atom stereocenters. The van der Waals surface area contributed by atoms with Crippen molar-refractivity contribution in [3.8, 4) is 5.75 Å². The summed E-state index contributed by atoms with van der Waals surface area (Å²) in [5.41, 5.74) is 1.38. The number of hydrogen-bond donors (Lipinski definition) is 0. The number of carbonyl (C=O) groups is 1. The van der Waals surface area contributed by atoms with Crippen LogP contribution >= 0.6 is 0 Å². The Balaban J connectivity index is 1.66. The predicted octanol–water partition coefficient (Wildman–Crippen LogP) is 5.43. The molecule has 27 heavy (non-hydrogen) atoms. The van der Waals surface area contributed by atoms with Crippen molar-refractivity contribution in [3.05, 3.63) is 36.0 Å². The van der Waals surface area contributed by atoms with Crippen LogP contribution in [0, 0.1) is 0 Å². The maximum Gasteiger partial charge on any atom is 0.306 e. The molecule has 0 aliphatic carbocycles. The van der Waals surface area contributed by atoms with Gasteiger partial charge in [-0.25, -0.2) is 0 Å². The average molecular weight is 369 g/mol. The first-order valence-corrected chi connectivity index (χ1v) is 9.53. The van der Waals surface area contributed by atoms with E-state index >= 15 is 0 Å². The van der Waals surface area contributed by atoms with Crippen molar-refractivity contribution in [2.75, 3.05) is 6.61 Å². The van der Waals surface area contributed by atoms with Crippen LogP contribution in [-0.4, -0.2) is 23.3 Å². The van der Waals surface area contributed by atoms with Crippen molar-refractivity contribution >= 4 is 27.7 Å². The highest BCUT2D eigenvalue weighted by Crippen LogP contribution is 2.31. The molecule has 0 saturated heterocycles. The van der Waals surface area contributed by atoms with E-state index in [1.54, 1.807) is 0 Å². The second-order valence-electron chi connectivity index (χ2n) is 7.74. The van der Waals surface area contributed by atoms with Gasteiger partial charge >= 0.3 is 5.97 Å². The highest BCUT2D eigenvalue weighted by atomic mass is 16.6. The number of carbonyl (C=O) groups excluding carboxylic acids is 1. The van der Waals surface area contributed by atoms with Gasteiger partial charge in [0.15, 0.2) is 5.58 Å². The molecule has 5 heteroatoms. The Hall–Kier alpha value is -2.56. The normalized spacial score (nSPS) is 11.9. The second-order valence-corrected chi connectivity index (χ2v) is 7.74. The summed E-state index contributed by atoms with van der Waals surface area (Å²) in [6.07, 6.45) is 2.90. The van der Waals surface area contributed by atoms with Crippen molar-refractivity contribution in [2.24, 2.45) is 0 Å². The average Bonchev–Trinajstić information content (AvgIpc) is 3.01. The third-order valence-electron chi connectivity index (χ3n) is 4.20. The van der Waals surface area contributed by atoms with Crippen LogP contribution in [0.25, 0.3) is 21.7 Å². The topological polar surface area (TPSA) is 61.6 Å². The van der Waals surface area contributed by atoms with Crippen molar-refractivity contribution in [3.63, 3.8) is 0 Å². The van der Waals surface area contributed by atoms with E-state index in [0.29, 0.717) is 19.4 Å². The molecule has 1 heterocycles. The molecule has 0 bridgehead atoms. The fourth-order valence-electron chi connectivity index (χ4n) is 3.11. The minimum Gasteiger partial charge on any atom is -0.494 e. The Morgan fingerprint density at radius 2 is 2.00 bits per heavy atom. The van der Waals surface area contributed by atoms with Gasteiger partial charge in [0.25, 0.3) is 0 Å². The largest absolute Gasteiger partial charge is 0.494 e. The molecule has 0 saturated carbocycles. The Labute approximate surface area is 159 Å². The van der Waals surface area contributed by atoms with Crippen molar-refractivity contribution in [1.82, 2.24) is 5.16 Å². The zero-order chi connectivity index (χ0) is 19.4. The highest BCUT2D eigenvalue weighted by molar-refractivity contribution is 6.07. The SMILES string of the molecule is CCCc1noc2ccc3cc(OCCCC(=O)OC(C)(C)C)ccc3c12. The lowest BCUT2D eigenvalue weighted by Gasteiger charge is -2.19. The number of nitrogens with zero attached hydrogens (tertiary/aromatic N) is 1. The van der Waals surface area contributed by atoms with E-state index in [0.717, 1.165) is 46.0 Å². The van der Waals surface area contributed by atoms with Gasteiger partial charge in [0, 0.05) is 6.42 Å². The molecule has 2 aromatic carbocycles. The van der Waals surface area contributed by atoms with Gasteiger partial charge in [-0.3, -0.25) is 4.79 Å². The minimum absolute atomic E-state index is 0.192. The van der Waals surface area contributed by atoms with Crippen LogP contribution in [0.2, 0.25) is 0 Å². The minimum atomic E-state index is -0.444. The van der Waals surface area contributed by atoms with Gasteiger partial charge in [0.1, 0.15) is 11.4 Å². The summed E-state index contributed by atoms with van der Waals surface area (Å²) in [5.74, 6) is 0.599. The van der Waals surface area contributed by atoms with Gasteiger partial charge in [-0.05, 0) is 68.7 Å². The number of benzene rings is 2. The molecule has 3 aromatic rings. The molecule has 5 nitrogen and oxygen atoms in total. The number of fused-ring (bicyclic) bond motifs is 3. The van der Waals surface area contributed by atoms with Gasteiger partial charge in [-0.15, -0.1) is 0 Å². The summed E-state index contributed by atoms with van der Waals surface area (Å²) in [6, 6.07) is 10.0. The fourth-order valence-corrected chi connectivity index (χ4v) is 3.11. The third-order valence-corrected chi connectivity index (χ3v) is 4.20. The van der Waals surface area contributed by atoms with Gasteiger partial charge in [0.2, 0.25) is 0 Å². The molecule has 0 amide bonds. The summed E-state index contributed by atoms with van der Waals surface area (Å²) in [5, 5.41) is 7.51. The lowest BCUT2D eigenvalue weighted by molar-refractivity contribution is -0.155. The van der Waals surface area contributed by atoms with Crippen LogP contribution in [0.3, 0.4) is 0 Å². The molecular weight excluding hydrogens is 342 g/mol. The second kappa shape index (κ2) is 7.99. The van der Waals surface area contributed by atoms with Crippen molar-refractivity contribution in [1.29, 1.82) is 0 Å². The van der Waals surface area contributed by atoms with E-state index in [2.05, 4.69) is 18.1 Å². The zero-order valence-corrected chi connectivity index (χ0v) is 16.5. The number of rotatable bonds is 7. The van der Waals surface area contributed by atoms with E-state index < -0.39 is 5.60 Å². The van der Waals surface area contributed by atoms with Crippen LogP contribution in [-0.2, 0) is 16.0 Å². The molecular formula is C22H27NO4. The molecule has 0 aliphatic heterocycles. The molecule has 0 aliphatic rings. The molecule has 0 fully saturated rings. The monoisotopic (exact) mass is 369 g/mol. The summed E-state index contributed by atoms with van der Waals surface area (Å²) >= 11 is 0. The maximum absolute atomic E-state index is 11.7. The van der Waals surface area contributed by atoms with E-state index in [9.17, 15) is 4.79 Å². The quantitative estimate of drug-likeness (QED) is 0.410. The lowest BCUT2D eigenvalue weighted by Crippen LogP contribution is -2.23. The predicted molar refractivity (Wildman–Crippen MR) is 106 cm³/mol. The number of ether oxygens (including phenoxy) is 2. The number of aromatic nitrogens is 1. The molecule has 0 N–H and O–H groups in total. The Morgan fingerprint density at radius 1 is 1.19 bits per heavy atom. The van der Waals surface area contributed by atoms with Crippen molar-refractivity contribution < 1.29 is 18.8 Å². The van der Waals surface area contributed by atoms with Crippen LogP contribution in [0.1, 0.15) is 52.7 Å². The summed E-state index contributed by atoms with van der Waals surface area (Å²) in [6.45, 7) is 8.22. The molecule has 0 unspecified atom stereocenters. The smallest absolute Gasteiger partial charge is 0.306 e. The summed E-state index contributed by atoms with van der Waals surface area (Å²) in [4.78, 5) is 11.7. The maximum atomic E-state index is 11.7. The highest BCUT2D eigenvalue weighted by Gasteiger charge is 2.16. The molecule has 1 aromatic heterocycles. The standard InChI is InChI=1S/C22H27NO4/c1-5-7-18-21-17-11-10-16(14-15(17)9-12-19(21)27-23-18)25-13-6-8-20(24)26-22(2,3)4/h9-12,14H,5-8,13H2,1-4H3. The fraction of sp³-hybridized carbons (Fsp3) is 0.455. The number of aryl methyl sites for hydroxylation is 1. The van der Waals surface area contributed by atoms with Gasteiger partial charge in [-0.1, -0.05) is 24.6 Å². The Kier molecular flexibility index (Phi) is 5.68. The Bertz CT molecular complexity index is 937. The summed E-state index contributed by atoms with van der Waals surface area (Å²) < 4.78 is 16.6. The van der Waals surface area contributed by atoms with E-state index in [1.165, 1.54) is 0 Å². The first kappa shape index (κ1) is 19.2. The van der Waals surface area contributed by atoms with Gasteiger partial charge < -0.3 is 14.0 Å². The van der Waals surface area contributed by atoms with Gasteiger partial charge in [-0.2, -0.15) is 0 Å². The first-order chi connectivity index (χ1) is 12.9. The van der Waals surface area contributed by atoms with E-state index in [-0.39, 0.29) is 5.97 Å². The molecule has 0 spiro atoms. The van der Waals surface area contributed by atoms with Crippen LogP contribution in [0.4, 0.5) is 0 Å². The first-order valence-electron chi connectivity index (χ1n) is 9.53. The van der Waals surface area contributed by atoms with E-state index in [4.69, 9.17) is 14.0 Å². The number of hydrogen-bond acceptors (Lipinski definition) is 5. The molecule has 144 valence electrons. The van der Waals surface area contributed by atoms with Crippen LogP contribution in [0.5, 0.6) is 5.75 Å². The zero-order valence-electron chi connectivity index (χ0n) is 16.5.